The molecule has 0 aromatic rings. The van der Waals surface area contributed by atoms with E-state index in [2.05, 4.69) is 0 Å². The third-order valence-corrected chi connectivity index (χ3v) is 13.4. The highest BCUT2D eigenvalue weighted by Crippen LogP contribution is 2.52. The zero-order chi connectivity index (χ0) is 24.4. The normalized spacial score (nSPS) is 39.2. The summed E-state index contributed by atoms with van der Waals surface area (Å²) in [5.41, 5.74) is -1.12. The molecule has 196 valence electrons. The van der Waals surface area contributed by atoms with E-state index in [1.165, 1.54) is 12.8 Å². The van der Waals surface area contributed by atoms with Crippen LogP contribution in [-0.4, -0.2) is 77.4 Å². The topological polar surface area (TPSA) is 95.0 Å². The quantitative estimate of drug-likeness (QED) is 0.619. The zero-order valence-corrected chi connectivity index (χ0v) is 21.8. The van der Waals surface area contributed by atoms with Crippen LogP contribution in [0.2, 0.25) is 0 Å². The molecular weight excluding hydrogens is 464 g/mol. The van der Waals surface area contributed by atoms with Gasteiger partial charge in [0, 0.05) is 32.1 Å². The van der Waals surface area contributed by atoms with Gasteiger partial charge in [-0.15, -0.1) is 0 Å². The van der Waals surface area contributed by atoms with Crippen LogP contribution in [0.15, 0.2) is 0 Å². The molecule has 6 fully saturated rings. The molecule has 6 rings (SSSR count). The summed E-state index contributed by atoms with van der Waals surface area (Å²) in [4.78, 5) is 29.2. The van der Waals surface area contributed by atoms with Gasteiger partial charge in [0.05, 0.1) is 10.5 Å². The lowest BCUT2D eigenvalue weighted by molar-refractivity contribution is -0.148. The van der Waals surface area contributed by atoms with Crippen molar-refractivity contribution in [3.8, 4) is 0 Å². The van der Waals surface area contributed by atoms with E-state index in [1.54, 1.807) is 4.90 Å². The molecular formula is C27H42N2O5S. The fourth-order valence-corrected chi connectivity index (χ4v) is 10.6. The molecule has 1 N–H and O–H groups in total. The Hall–Kier alpha value is -1.15. The van der Waals surface area contributed by atoms with Crippen LogP contribution in [0, 0.1) is 29.6 Å². The lowest BCUT2D eigenvalue weighted by Gasteiger charge is -2.42. The van der Waals surface area contributed by atoms with E-state index in [4.69, 9.17) is 0 Å². The summed E-state index contributed by atoms with van der Waals surface area (Å²) in [7, 11) is -2.93. The Morgan fingerprint density at radius 3 is 1.91 bits per heavy atom. The highest BCUT2D eigenvalue weighted by atomic mass is 32.2. The Bertz CT molecular complexity index is 943. The van der Waals surface area contributed by atoms with Gasteiger partial charge in [0.25, 0.3) is 5.91 Å². The maximum absolute atomic E-state index is 13.2. The van der Waals surface area contributed by atoms with E-state index in [1.807, 2.05) is 4.90 Å². The van der Waals surface area contributed by atoms with Gasteiger partial charge in [0.2, 0.25) is 5.91 Å². The lowest BCUT2D eigenvalue weighted by atomic mass is 9.66. The number of hydrogen-bond donors (Lipinski definition) is 1. The molecule has 0 bridgehead atoms. The van der Waals surface area contributed by atoms with Crippen LogP contribution < -0.4 is 0 Å². The predicted molar refractivity (Wildman–Crippen MR) is 132 cm³/mol. The van der Waals surface area contributed by atoms with Gasteiger partial charge in [-0.1, -0.05) is 0 Å². The first-order chi connectivity index (χ1) is 16.8. The third-order valence-electron chi connectivity index (χ3n) is 10.6. The number of rotatable bonds is 5. The molecule has 4 atom stereocenters. The summed E-state index contributed by atoms with van der Waals surface area (Å²) in [6.07, 6.45) is 12.5. The van der Waals surface area contributed by atoms with Crippen LogP contribution in [0.25, 0.3) is 0 Å². The Morgan fingerprint density at radius 1 is 0.714 bits per heavy atom. The summed E-state index contributed by atoms with van der Waals surface area (Å²) in [5.74, 6) is 2.45. The number of carbonyl (C=O) groups is 2. The summed E-state index contributed by atoms with van der Waals surface area (Å²) >= 11 is 0. The van der Waals surface area contributed by atoms with Crippen molar-refractivity contribution < 1.29 is 23.1 Å². The van der Waals surface area contributed by atoms with Crippen LogP contribution in [0.1, 0.15) is 83.5 Å². The number of nitrogens with zero attached hydrogens (tertiary/aromatic N) is 2. The molecule has 35 heavy (non-hydrogen) atoms. The predicted octanol–water partition coefficient (Wildman–Crippen LogP) is 2.76. The molecule has 0 radical (unpaired) electrons. The van der Waals surface area contributed by atoms with Crippen LogP contribution in [0.3, 0.4) is 0 Å². The standard InChI is InChI=1S/C27H42N2O5S/c30-25(28-13-15-29(16-14-28)26(31)27(32)11-12-27)20-4-1-18(2-5-20)21-6-3-19-7-10-24(23(19)17-21)35(33,34)22-8-9-22/h18-24,32H,1-17H2. The van der Waals surface area contributed by atoms with E-state index < -0.39 is 15.4 Å². The molecule has 1 aliphatic heterocycles. The number of aliphatic hydroxyl groups is 1. The van der Waals surface area contributed by atoms with Crippen LogP contribution in [-0.2, 0) is 19.4 Å². The average Bonchev–Trinajstić information content (AvgIpc) is 3.81. The molecule has 0 aromatic heterocycles. The molecule has 0 spiro atoms. The van der Waals surface area contributed by atoms with Crippen molar-refractivity contribution in [2.24, 2.45) is 29.6 Å². The maximum atomic E-state index is 13.2. The number of fused-ring (bicyclic) bond motifs is 1. The average molecular weight is 507 g/mol. The Labute approximate surface area is 209 Å². The molecule has 6 aliphatic rings. The van der Waals surface area contributed by atoms with Crippen molar-refractivity contribution in [2.75, 3.05) is 26.2 Å². The number of hydrogen-bond acceptors (Lipinski definition) is 5. The highest BCUT2D eigenvalue weighted by Gasteiger charge is 2.52. The second-order valence-electron chi connectivity index (χ2n) is 12.7. The molecule has 1 saturated heterocycles. The van der Waals surface area contributed by atoms with Crippen LogP contribution >= 0.6 is 0 Å². The van der Waals surface area contributed by atoms with Gasteiger partial charge < -0.3 is 14.9 Å². The summed E-state index contributed by atoms with van der Waals surface area (Å²) < 4.78 is 26.1. The van der Waals surface area contributed by atoms with Crippen molar-refractivity contribution in [3.05, 3.63) is 0 Å². The van der Waals surface area contributed by atoms with E-state index in [0.29, 0.717) is 62.7 Å². The number of amides is 2. The summed E-state index contributed by atoms with van der Waals surface area (Å²) in [6.45, 7) is 2.20. The third kappa shape index (κ3) is 4.55. The largest absolute Gasteiger partial charge is 0.380 e. The minimum atomic E-state index is -2.93. The number of piperazine rings is 1. The molecule has 4 unspecified atom stereocenters. The molecule has 2 amide bonds. The van der Waals surface area contributed by atoms with E-state index in [9.17, 15) is 23.1 Å². The first-order valence-corrected chi connectivity index (χ1v) is 15.9. The maximum Gasteiger partial charge on any atom is 0.254 e. The van der Waals surface area contributed by atoms with Crippen molar-refractivity contribution >= 4 is 21.7 Å². The second-order valence-corrected chi connectivity index (χ2v) is 15.1. The highest BCUT2D eigenvalue weighted by molar-refractivity contribution is 7.92. The smallest absolute Gasteiger partial charge is 0.254 e. The van der Waals surface area contributed by atoms with E-state index >= 15 is 0 Å². The molecule has 5 aliphatic carbocycles. The van der Waals surface area contributed by atoms with Crippen molar-refractivity contribution in [1.29, 1.82) is 0 Å². The zero-order valence-electron chi connectivity index (χ0n) is 20.9. The van der Waals surface area contributed by atoms with Gasteiger partial charge in [0.15, 0.2) is 9.84 Å². The minimum absolute atomic E-state index is 0.0356. The van der Waals surface area contributed by atoms with Crippen molar-refractivity contribution in [1.82, 2.24) is 9.80 Å². The van der Waals surface area contributed by atoms with E-state index in [-0.39, 0.29) is 28.2 Å². The van der Waals surface area contributed by atoms with Crippen LogP contribution in [0.4, 0.5) is 0 Å². The first-order valence-electron chi connectivity index (χ1n) is 14.3. The monoisotopic (exact) mass is 506 g/mol. The fourth-order valence-electron chi connectivity index (χ4n) is 8.04. The van der Waals surface area contributed by atoms with Gasteiger partial charge in [-0.05, 0) is 107 Å². The molecule has 8 heteroatoms. The molecule has 1 heterocycles. The molecule has 0 aromatic carbocycles. The van der Waals surface area contributed by atoms with Gasteiger partial charge >= 0.3 is 0 Å². The summed E-state index contributed by atoms with van der Waals surface area (Å²) in [6, 6.07) is 0. The fraction of sp³-hybridized carbons (Fsp3) is 0.926. The Morgan fingerprint density at radius 2 is 1.29 bits per heavy atom. The minimum Gasteiger partial charge on any atom is -0.380 e. The number of sulfone groups is 1. The van der Waals surface area contributed by atoms with Crippen LogP contribution in [0.5, 0.6) is 0 Å². The van der Waals surface area contributed by atoms with Gasteiger partial charge in [-0.3, -0.25) is 9.59 Å². The Kier molecular flexibility index (Phi) is 6.22. The molecule has 5 saturated carbocycles. The lowest BCUT2D eigenvalue weighted by Crippen LogP contribution is -2.54. The van der Waals surface area contributed by atoms with Crippen molar-refractivity contribution in [2.45, 2.75) is 99.6 Å². The summed E-state index contributed by atoms with van der Waals surface area (Å²) in [5, 5.41) is 9.98. The van der Waals surface area contributed by atoms with Gasteiger partial charge in [-0.25, -0.2) is 8.42 Å². The van der Waals surface area contributed by atoms with Gasteiger partial charge in [0.1, 0.15) is 5.60 Å². The van der Waals surface area contributed by atoms with E-state index in [0.717, 1.165) is 57.8 Å². The first kappa shape index (κ1) is 24.2. The second kappa shape index (κ2) is 9.00. The van der Waals surface area contributed by atoms with Gasteiger partial charge in [-0.2, -0.15) is 0 Å². The SMILES string of the molecule is O=C(C1CCC(C2CCC3CCC(S(=O)(=O)C4CC4)C3C2)CC1)N1CCN(C(=O)C2(O)CC2)CC1. The van der Waals surface area contributed by atoms with Crippen molar-refractivity contribution in [3.63, 3.8) is 0 Å². The Balaban J connectivity index is 0.990. The molecule has 7 nitrogen and oxygen atoms in total. The number of carbonyl (C=O) groups excluding carboxylic acids is 2.